The Morgan fingerprint density at radius 2 is 2.19 bits per heavy atom. The molecule has 0 saturated heterocycles. The molecule has 0 radical (unpaired) electrons. The Balaban J connectivity index is 1.75. The standard InChI is InChI=1S/C12H22N4/c13-6-7-16-9-12(15-10-16)8-14-11-4-2-1-3-5-11/h9-11,14H,1-8,13H2. The molecule has 90 valence electrons. The van der Waals surface area contributed by atoms with Gasteiger partial charge >= 0.3 is 0 Å². The number of imidazole rings is 1. The summed E-state index contributed by atoms with van der Waals surface area (Å²) in [6, 6.07) is 0.702. The van der Waals surface area contributed by atoms with Gasteiger partial charge < -0.3 is 15.6 Å². The second kappa shape index (κ2) is 6.01. The molecular weight excluding hydrogens is 200 g/mol. The van der Waals surface area contributed by atoms with Crippen molar-refractivity contribution < 1.29 is 0 Å². The van der Waals surface area contributed by atoms with Crippen molar-refractivity contribution in [3.05, 3.63) is 18.2 Å². The fourth-order valence-corrected chi connectivity index (χ4v) is 2.32. The van der Waals surface area contributed by atoms with Crippen molar-refractivity contribution in [1.82, 2.24) is 14.9 Å². The van der Waals surface area contributed by atoms with Crippen LogP contribution in [0.2, 0.25) is 0 Å². The van der Waals surface area contributed by atoms with Gasteiger partial charge in [0, 0.05) is 31.9 Å². The minimum atomic E-state index is 0.672. The molecule has 4 heteroatoms. The lowest BCUT2D eigenvalue weighted by molar-refractivity contribution is 0.371. The van der Waals surface area contributed by atoms with Gasteiger partial charge in [0.25, 0.3) is 0 Å². The maximum Gasteiger partial charge on any atom is 0.0950 e. The molecule has 1 aromatic rings. The van der Waals surface area contributed by atoms with Crippen LogP contribution in [0.4, 0.5) is 0 Å². The lowest BCUT2D eigenvalue weighted by Gasteiger charge is -2.22. The van der Waals surface area contributed by atoms with Gasteiger partial charge in [-0.1, -0.05) is 19.3 Å². The summed E-state index contributed by atoms with van der Waals surface area (Å²) in [5.41, 5.74) is 6.62. The number of nitrogens with one attached hydrogen (secondary N) is 1. The van der Waals surface area contributed by atoms with Crippen LogP contribution < -0.4 is 11.1 Å². The van der Waals surface area contributed by atoms with Crippen molar-refractivity contribution in [3.8, 4) is 0 Å². The zero-order chi connectivity index (χ0) is 11.2. The summed E-state index contributed by atoms with van der Waals surface area (Å²) >= 11 is 0. The van der Waals surface area contributed by atoms with Gasteiger partial charge in [0.05, 0.1) is 12.0 Å². The van der Waals surface area contributed by atoms with E-state index in [1.807, 2.05) is 6.33 Å². The molecule has 1 aromatic heterocycles. The minimum absolute atomic E-state index is 0.672. The van der Waals surface area contributed by atoms with E-state index in [0.717, 1.165) is 18.8 Å². The molecule has 4 nitrogen and oxygen atoms in total. The van der Waals surface area contributed by atoms with Crippen LogP contribution in [-0.4, -0.2) is 22.1 Å². The molecule has 1 aliphatic carbocycles. The van der Waals surface area contributed by atoms with Crippen LogP contribution in [-0.2, 0) is 13.1 Å². The molecule has 0 spiro atoms. The fraction of sp³-hybridized carbons (Fsp3) is 0.750. The van der Waals surface area contributed by atoms with Gasteiger partial charge in [0.1, 0.15) is 0 Å². The van der Waals surface area contributed by atoms with Crippen molar-refractivity contribution in [2.24, 2.45) is 5.73 Å². The van der Waals surface area contributed by atoms with E-state index in [-0.39, 0.29) is 0 Å². The number of nitrogens with two attached hydrogens (primary N) is 1. The third-order valence-corrected chi connectivity index (χ3v) is 3.25. The van der Waals surface area contributed by atoms with Crippen molar-refractivity contribution >= 4 is 0 Å². The predicted molar refractivity (Wildman–Crippen MR) is 65.0 cm³/mol. The average Bonchev–Trinajstić information content (AvgIpc) is 2.76. The zero-order valence-electron chi connectivity index (χ0n) is 9.86. The van der Waals surface area contributed by atoms with Crippen LogP contribution in [0.1, 0.15) is 37.8 Å². The summed E-state index contributed by atoms with van der Waals surface area (Å²) in [5.74, 6) is 0. The Bertz CT molecular complexity index is 302. The first-order valence-corrected chi connectivity index (χ1v) is 6.32. The van der Waals surface area contributed by atoms with Crippen LogP contribution in [0.3, 0.4) is 0 Å². The van der Waals surface area contributed by atoms with E-state index in [2.05, 4.69) is 21.1 Å². The molecule has 16 heavy (non-hydrogen) atoms. The van der Waals surface area contributed by atoms with E-state index >= 15 is 0 Å². The van der Waals surface area contributed by atoms with E-state index < -0.39 is 0 Å². The molecule has 1 saturated carbocycles. The molecule has 0 amide bonds. The fourth-order valence-electron chi connectivity index (χ4n) is 2.32. The van der Waals surface area contributed by atoms with Crippen LogP contribution >= 0.6 is 0 Å². The normalized spacial score (nSPS) is 17.8. The Morgan fingerprint density at radius 3 is 2.94 bits per heavy atom. The summed E-state index contributed by atoms with van der Waals surface area (Å²) in [6.45, 7) is 2.42. The van der Waals surface area contributed by atoms with E-state index in [0.29, 0.717) is 12.6 Å². The first-order chi connectivity index (χ1) is 7.88. The van der Waals surface area contributed by atoms with Gasteiger partial charge in [0.2, 0.25) is 0 Å². The largest absolute Gasteiger partial charge is 0.336 e. The molecule has 0 bridgehead atoms. The second-order valence-electron chi connectivity index (χ2n) is 4.61. The minimum Gasteiger partial charge on any atom is -0.336 e. The third-order valence-electron chi connectivity index (χ3n) is 3.25. The van der Waals surface area contributed by atoms with Crippen molar-refractivity contribution in [2.75, 3.05) is 6.54 Å². The summed E-state index contributed by atoms with van der Waals surface area (Å²) in [4.78, 5) is 4.36. The quantitative estimate of drug-likeness (QED) is 0.788. The number of aromatic nitrogens is 2. The molecular formula is C12H22N4. The molecule has 0 aromatic carbocycles. The number of rotatable bonds is 5. The topological polar surface area (TPSA) is 55.9 Å². The Morgan fingerprint density at radius 1 is 1.38 bits per heavy atom. The van der Waals surface area contributed by atoms with Crippen molar-refractivity contribution in [1.29, 1.82) is 0 Å². The Labute approximate surface area is 97.2 Å². The summed E-state index contributed by atoms with van der Waals surface area (Å²) in [7, 11) is 0. The highest BCUT2D eigenvalue weighted by Gasteiger charge is 2.12. The van der Waals surface area contributed by atoms with Gasteiger partial charge in [-0.2, -0.15) is 0 Å². The molecule has 0 aliphatic heterocycles. The second-order valence-corrected chi connectivity index (χ2v) is 4.61. The number of hydrogen-bond acceptors (Lipinski definition) is 3. The summed E-state index contributed by atoms with van der Waals surface area (Å²) in [5, 5.41) is 3.59. The molecule has 0 atom stereocenters. The van der Waals surface area contributed by atoms with Crippen molar-refractivity contribution in [2.45, 2.75) is 51.2 Å². The smallest absolute Gasteiger partial charge is 0.0950 e. The average molecular weight is 222 g/mol. The van der Waals surface area contributed by atoms with E-state index in [4.69, 9.17) is 5.73 Å². The SMILES string of the molecule is NCCn1cnc(CNC2CCCCC2)c1. The zero-order valence-corrected chi connectivity index (χ0v) is 9.86. The monoisotopic (exact) mass is 222 g/mol. The highest BCUT2D eigenvalue weighted by molar-refractivity contribution is 4.96. The summed E-state index contributed by atoms with van der Waals surface area (Å²) in [6.07, 6.45) is 10.8. The number of hydrogen-bond donors (Lipinski definition) is 2. The Kier molecular flexibility index (Phi) is 4.36. The molecule has 1 heterocycles. The van der Waals surface area contributed by atoms with Crippen LogP contribution in [0.25, 0.3) is 0 Å². The number of nitrogens with zero attached hydrogens (tertiary/aromatic N) is 2. The van der Waals surface area contributed by atoms with E-state index in [1.54, 1.807) is 0 Å². The predicted octanol–water partition coefficient (Wildman–Crippen LogP) is 1.26. The lowest BCUT2D eigenvalue weighted by atomic mass is 9.95. The van der Waals surface area contributed by atoms with Crippen LogP contribution in [0.5, 0.6) is 0 Å². The highest BCUT2D eigenvalue weighted by atomic mass is 15.1. The lowest BCUT2D eigenvalue weighted by Crippen LogP contribution is -2.30. The van der Waals surface area contributed by atoms with E-state index in [1.165, 1.54) is 32.1 Å². The van der Waals surface area contributed by atoms with Gasteiger partial charge in [0.15, 0.2) is 0 Å². The van der Waals surface area contributed by atoms with Crippen LogP contribution in [0, 0.1) is 0 Å². The third kappa shape index (κ3) is 3.32. The van der Waals surface area contributed by atoms with Gasteiger partial charge in [-0.05, 0) is 12.8 Å². The highest BCUT2D eigenvalue weighted by Crippen LogP contribution is 2.17. The Hall–Kier alpha value is -0.870. The molecule has 1 fully saturated rings. The van der Waals surface area contributed by atoms with Gasteiger partial charge in [-0.25, -0.2) is 4.98 Å². The van der Waals surface area contributed by atoms with E-state index in [9.17, 15) is 0 Å². The van der Waals surface area contributed by atoms with Crippen LogP contribution in [0.15, 0.2) is 12.5 Å². The van der Waals surface area contributed by atoms with Gasteiger partial charge in [-0.15, -0.1) is 0 Å². The molecule has 0 unspecified atom stereocenters. The molecule has 3 N–H and O–H groups in total. The van der Waals surface area contributed by atoms with Crippen molar-refractivity contribution in [3.63, 3.8) is 0 Å². The first-order valence-electron chi connectivity index (χ1n) is 6.32. The molecule has 1 aliphatic rings. The maximum atomic E-state index is 5.50. The van der Waals surface area contributed by atoms with Gasteiger partial charge in [-0.3, -0.25) is 0 Å². The maximum absolute atomic E-state index is 5.50. The summed E-state index contributed by atoms with van der Waals surface area (Å²) < 4.78 is 2.05. The first kappa shape index (κ1) is 11.6. The molecule has 2 rings (SSSR count).